The van der Waals surface area contributed by atoms with Crippen molar-refractivity contribution in [2.75, 3.05) is 30.4 Å². The van der Waals surface area contributed by atoms with Gasteiger partial charge in [0.15, 0.2) is 0 Å². The average Bonchev–Trinajstić information content (AvgIpc) is 2.80. The Morgan fingerprint density at radius 2 is 1.59 bits per heavy atom. The smallest absolute Gasteiger partial charge is 0.264 e. The van der Waals surface area contributed by atoms with Crippen molar-refractivity contribution in [1.82, 2.24) is 0 Å². The number of nitrogens with one attached hydrogen (secondary N) is 1. The van der Waals surface area contributed by atoms with Crippen LogP contribution in [0.2, 0.25) is 10.0 Å². The average molecular weight is 495 g/mol. The SMILES string of the molecule is COc1ccc(N(CC(=O)Nc2c(Cl)cccc2Cl)S(=O)(=O)c2ccccc2)c(OC)c1. The molecule has 0 bridgehead atoms. The molecule has 0 aliphatic rings. The fourth-order valence-corrected chi connectivity index (χ4v) is 4.88. The molecule has 0 heterocycles. The van der Waals surface area contributed by atoms with Crippen molar-refractivity contribution in [3.63, 3.8) is 0 Å². The zero-order chi connectivity index (χ0) is 23.3. The highest BCUT2D eigenvalue weighted by molar-refractivity contribution is 7.92. The summed E-state index contributed by atoms with van der Waals surface area (Å²) in [5.74, 6) is 0.0415. The van der Waals surface area contributed by atoms with Gasteiger partial charge in [0.25, 0.3) is 10.0 Å². The molecule has 10 heteroatoms. The molecule has 3 rings (SSSR count). The number of carbonyl (C=O) groups is 1. The predicted octanol–water partition coefficient (Wildman–Crippen LogP) is 4.84. The van der Waals surface area contributed by atoms with Gasteiger partial charge in [-0.05, 0) is 36.4 Å². The molecule has 1 amide bonds. The maximum atomic E-state index is 13.5. The number of methoxy groups -OCH3 is 2. The highest BCUT2D eigenvalue weighted by Gasteiger charge is 2.30. The zero-order valence-electron chi connectivity index (χ0n) is 17.2. The molecule has 32 heavy (non-hydrogen) atoms. The lowest BCUT2D eigenvalue weighted by Gasteiger charge is -2.26. The minimum absolute atomic E-state index is 0.0152. The van der Waals surface area contributed by atoms with Crippen LogP contribution in [0, 0.1) is 0 Å². The van der Waals surface area contributed by atoms with E-state index in [9.17, 15) is 13.2 Å². The van der Waals surface area contributed by atoms with Gasteiger partial charge in [0, 0.05) is 6.07 Å². The van der Waals surface area contributed by atoms with Crippen LogP contribution < -0.4 is 19.1 Å². The first kappa shape index (κ1) is 23.7. The number of benzene rings is 3. The molecule has 0 aliphatic heterocycles. The Kier molecular flexibility index (Phi) is 7.50. The van der Waals surface area contributed by atoms with E-state index in [-0.39, 0.29) is 32.1 Å². The molecule has 0 atom stereocenters. The van der Waals surface area contributed by atoms with Crippen LogP contribution in [-0.2, 0) is 14.8 Å². The highest BCUT2D eigenvalue weighted by Crippen LogP contribution is 2.36. The summed E-state index contributed by atoms with van der Waals surface area (Å²) in [4.78, 5) is 12.9. The number of hydrogen-bond donors (Lipinski definition) is 1. The number of anilines is 2. The molecular formula is C22H20Cl2N2O5S. The zero-order valence-corrected chi connectivity index (χ0v) is 19.5. The molecule has 0 saturated heterocycles. The minimum atomic E-state index is -4.13. The van der Waals surface area contributed by atoms with Gasteiger partial charge in [-0.1, -0.05) is 47.5 Å². The summed E-state index contributed by atoms with van der Waals surface area (Å²) < 4.78 is 38.5. The molecule has 0 aromatic heterocycles. The van der Waals surface area contributed by atoms with Crippen LogP contribution in [0.5, 0.6) is 11.5 Å². The third-order valence-electron chi connectivity index (χ3n) is 4.50. The summed E-state index contributed by atoms with van der Waals surface area (Å²) in [5, 5.41) is 3.04. The molecule has 168 valence electrons. The Morgan fingerprint density at radius 3 is 2.19 bits per heavy atom. The first-order chi connectivity index (χ1) is 15.3. The summed E-state index contributed by atoms with van der Waals surface area (Å²) in [6.07, 6.45) is 0. The van der Waals surface area contributed by atoms with E-state index in [4.69, 9.17) is 32.7 Å². The number of rotatable bonds is 8. The predicted molar refractivity (Wildman–Crippen MR) is 126 cm³/mol. The normalized spacial score (nSPS) is 11.0. The number of nitrogens with zero attached hydrogens (tertiary/aromatic N) is 1. The van der Waals surface area contributed by atoms with Crippen molar-refractivity contribution in [1.29, 1.82) is 0 Å². The molecule has 7 nitrogen and oxygen atoms in total. The van der Waals surface area contributed by atoms with Crippen molar-refractivity contribution in [2.24, 2.45) is 0 Å². The summed E-state index contributed by atoms with van der Waals surface area (Å²) >= 11 is 12.3. The van der Waals surface area contributed by atoms with E-state index in [1.807, 2.05) is 0 Å². The van der Waals surface area contributed by atoms with Gasteiger partial charge >= 0.3 is 0 Å². The standard InChI is InChI=1S/C22H20Cl2N2O5S/c1-30-15-11-12-19(20(13-15)31-2)26(32(28,29)16-7-4-3-5-8-16)14-21(27)25-22-17(23)9-6-10-18(22)24/h3-13H,14H2,1-2H3,(H,25,27). The van der Waals surface area contributed by atoms with E-state index in [1.165, 1.54) is 38.5 Å². The van der Waals surface area contributed by atoms with Gasteiger partial charge in [-0.3, -0.25) is 9.10 Å². The maximum Gasteiger partial charge on any atom is 0.264 e. The number of sulfonamides is 1. The monoisotopic (exact) mass is 494 g/mol. The van der Waals surface area contributed by atoms with Crippen LogP contribution >= 0.6 is 23.2 Å². The Balaban J connectivity index is 2.05. The summed E-state index contributed by atoms with van der Waals surface area (Å²) in [5.41, 5.74) is 0.358. The third-order valence-corrected chi connectivity index (χ3v) is 6.91. The van der Waals surface area contributed by atoms with Crippen LogP contribution in [0.1, 0.15) is 0 Å². The van der Waals surface area contributed by atoms with E-state index in [0.717, 1.165) is 4.31 Å². The third kappa shape index (κ3) is 5.09. The van der Waals surface area contributed by atoms with Gasteiger partial charge in [0.2, 0.25) is 5.91 Å². The number of amides is 1. The lowest BCUT2D eigenvalue weighted by Crippen LogP contribution is -2.38. The minimum Gasteiger partial charge on any atom is -0.497 e. The molecule has 3 aromatic rings. The van der Waals surface area contributed by atoms with Crippen LogP contribution in [0.3, 0.4) is 0 Å². The molecule has 0 saturated carbocycles. The summed E-state index contributed by atoms with van der Waals surface area (Å²) in [6, 6.07) is 17.2. The quantitative estimate of drug-likeness (QED) is 0.483. The van der Waals surface area contributed by atoms with Gasteiger partial charge < -0.3 is 14.8 Å². The lowest BCUT2D eigenvalue weighted by atomic mass is 10.2. The second kappa shape index (κ2) is 10.1. The number of ether oxygens (including phenoxy) is 2. The van der Waals surface area contributed by atoms with E-state index in [2.05, 4.69) is 5.32 Å². The molecule has 1 N–H and O–H groups in total. The molecule has 0 aliphatic carbocycles. The molecule has 0 unspecified atom stereocenters. The van der Waals surface area contributed by atoms with E-state index in [1.54, 1.807) is 42.5 Å². The number of para-hydroxylation sites is 1. The van der Waals surface area contributed by atoms with Crippen molar-refractivity contribution < 1.29 is 22.7 Å². The van der Waals surface area contributed by atoms with Gasteiger partial charge in [-0.25, -0.2) is 8.42 Å². The topological polar surface area (TPSA) is 84.9 Å². The van der Waals surface area contributed by atoms with Crippen molar-refractivity contribution in [3.8, 4) is 11.5 Å². The number of carbonyl (C=O) groups excluding carboxylic acids is 1. The van der Waals surface area contributed by atoms with Gasteiger partial charge in [0.1, 0.15) is 18.0 Å². The second-order valence-electron chi connectivity index (χ2n) is 6.51. The van der Waals surface area contributed by atoms with E-state index in [0.29, 0.717) is 5.75 Å². The summed E-state index contributed by atoms with van der Waals surface area (Å²) in [7, 11) is -1.25. The van der Waals surface area contributed by atoms with Gasteiger partial charge in [-0.15, -0.1) is 0 Å². The van der Waals surface area contributed by atoms with Crippen LogP contribution in [0.25, 0.3) is 0 Å². The van der Waals surface area contributed by atoms with Crippen molar-refractivity contribution in [3.05, 3.63) is 76.8 Å². The first-order valence-corrected chi connectivity index (χ1v) is 11.5. The Bertz CT molecular complexity index is 1200. The van der Waals surface area contributed by atoms with Gasteiger partial charge in [-0.2, -0.15) is 0 Å². The van der Waals surface area contributed by atoms with Crippen LogP contribution in [-0.4, -0.2) is 35.1 Å². The van der Waals surface area contributed by atoms with Crippen LogP contribution in [0.15, 0.2) is 71.6 Å². The van der Waals surface area contributed by atoms with Crippen molar-refractivity contribution >= 4 is 50.5 Å². The number of halogens is 2. The van der Waals surface area contributed by atoms with Crippen molar-refractivity contribution in [2.45, 2.75) is 4.90 Å². The van der Waals surface area contributed by atoms with Crippen LogP contribution in [0.4, 0.5) is 11.4 Å². The van der Waals surface area contributed by atoms with Gasteiger partial charge in [0.05, 0.1) is 40.5 Å². The lowest BCUT2D eigenvalue weighted by molar-refractivity contribution is -0.114. The Hall–Kier alpha value is -2.94. The Morgan fingerprint density at radius 1 is 0.938 bits per heavy atom. The fourth-order valence-electron chi connectivity index (χ4n) is 2.94. The second-order valence-corrected chi connectivity index (χ2v) is 9.18. The number of hydrogen-bond acceptors (Lipinski definition) is 5. The Labute approximate surface area is 196 Å². The molecule has 0 radical (unpaired) electrons. The molecule has 0 spiro atoms. The molecular weight excluding hydrogens is 475 g/mol. The maximum absolute atomic E-state index is 13.5. The first-order valence-electron chi connectivity index (χ1n) is 9.31. The molecule has 3 aromatic carbocycles. The largest absolute Gasteiger partial charge is 0.497 e. The fraction of sp³-hybridized carbons (Fsp3) is 0.136. The van der Waals surface area contributed by atoms with E-state index < -0.39 is 22.5 Å². The van der Waals surface area contributed by atoms with E-state index >= 15 is 0 Å². The molecule has 0 fully saturated rings. The highest BCUT2D eigenvalue weighted by atomic mass is 35.5. The summed E-state index contributed by atoms with van der Waals surface area (Å²) in [6.45, 7) is -0.554.